The second-order valence-electron chi connectivity index (χ2n) is 4.61. The molecular formula is C14H15ClN2S. The molecule has 0 spiro atoms. The van der Waals surface area contributed by atoms with Gasteiger partial charge in [0.2, 0.25) is 0 Å². The number of nitrogens with one attached hydrogen (secondary N) is 1. The van der Waals surface area contributed by atoms with Crippen molar-refractivity contribution in [1.82, 2.24) is 4.98 Å². The second-order valence-corrected chi connectivity index (χ2v) is 6.16. The molecule has 0 amide bonds. The lowest BCUT2D eigenvalue weighted by Crippen LogP contribution is -2.13. The van der Waals surface area contributed by atoms with E-state index in [1.807, 2.05) is 23.9 Å². The van der Waals surface area contributed by atoms with E-state index in [1.165, 1.54) is 17.9 Å². The van der Waals surface area contributed by atoms with E-state index in [9.17, 15) is 0 Å². The highest BCUT2D eigenvalue weighted by molar-refractivity contribution is 7.99. The molecule has 0 aliphatic carbocycles. The Kier molecular flexibility index (Phi) is 3.62. The molecule has 1 fully saturated rings. The van der Waals surface area contributed by atoms with Gasteiger partial charge in [-0.15, -0.1) is 0 Å². The Bertz CT molecular complexity index is 552. The molecule has 1 N–H and O–H groups in total. The van der Waals surface area contributed by atoms with Crippen molar-refractivity contribution in [2.24, 2.45) is 5.92 Å². The maximum absolute atomic E-state index is 6.16. The number of hydrogen-bond acceptors (Lipinski definition) is 3. The van der Waals surface area contributed by atoms with Crippen molar-refractivity contribution >= 4 is 40.0 Å². The monoisotopic (exact) mass is 278 g/mol. The van der Waals surface area contributed by atoms with Gasteiger partial charge in [-0.3, -0.25) is 4.98 Å². The second kappa shape index (κ2) is 5.37. The summed E-state index contributed by atoms with van der Waals surface area (Å²) in [5, 5.41) is 5.37. The van der Waals surface area contributed by atoms with Gasteiger partial charge in [0.05, 0.1) is 10.5 Å². The van der Waals surface area contributed by atoms with Crippen molar-refractivity contribution in [3.8, 4) is 0 Å². The number of nitrogens with zero attached hydrogens (tertiary/aromatic N) is 1. The molecular weight excluding hydrogens is 264 g/mol. The molecule has 4 heteroatoms. The zero-order chi connectivity index (χ0) is 12.4. The third-order valence-corrected chi connectivity index (χ3v) is 4.86. The fourth-order valence-electron chi connectivity index (χ4n) is 2.29. The molecule has 0 radical (unpaired) electrons. The molecule has 1 atom stereocenters. The first-order valence-electron chi connectivity index (χ1n) is 6.19. The van der Waals surface area contributed by atoms with Crippen LogP contribution >= 0.6 is 23.4 Å². The van der Waals surface area contributed by atoms with E-state index in [4.69, 9.17) is 11.6 Å². The maximum atomic E-state index is 6.16. The first-order chi connectivity index (χ1) is 8.84. The van der Waals surface area contributed by atoms with Crippen molar-refractivity contribution < 1.29 is 0 Å². The Morgan fingerprint density at radius 3 is 3.17 bits per heavy atom. The highest BCUT2D eigenvalue weighted by Crippen LogP contribution is 2.29. The predicted molar refractivity (Wildman–Crippen MR) is 80.7 cm³/mol. The quantitative estimate of drug-likeness (QED) is 0.917. The normalized spacial score (nSPS) is 19.3. The van der Waals surface area contributed by atoms with Gasteiger partial charge in [0.1, 0.15) is 0 Å². The van der Waals surface area contributed by atoms with Crippen LogP contribution in [0, 0.1) is 5.92 Å². The molecule has 1 aliphatic rings. The van der Waals surface area contributed by atoms with E-state index in [-0.39, 0.29) is 0 Å². The molecule has 3 rings (SSSR count). The number of pyridine rings is 1. The summed E-state index contributed by atoms with van der Waals surface area (Å²) in [6, 6.07) is 7.99. The smallest absolute Gasteiger partial charge is 0.0908 e. The first kappa shape index (κ1) is 12.1. The number of rotatable bonds is 3. The zero-order valence-electron chi connectivity index (χ0n) is 10.0. The van der Waals surface area contributed by atoms with Crippen LogP contribution < -0.4 is 5.32 Å². The lowest BCUT2D eigenvalue weighted by molar-refractivity contribution is 0.632. The number of aromatic nitrogens is 1. The molecule has 2 nitrogen and oxygen atoms in total. The van der Waals surface area contributed by atoms with Crippen LogP contribution in [0.5, 0.6) is 0 Å². The zero-order valence-corrected chi connectivity index (χ0v) is 11.6. The summed E-state index contributed by atoms with van der Waals surface area (Å²) in [7, 11) is 0. The molecule has 18 heavy (non-hydrogen) atoms. The molecule has 0 saturated carbocycles. The summed E-state index contributed by atoms with van der Waals surface area (Å²) >= 11 is 8.21. The van der Waals surface area contributed by atoms with Gasteiger partial charge in [-0.2, -0.15) is 11.8 Å². The largest absolute Gasteiger partial charge is 0.384 e. The van der Waals surface area contributed by atoms with E-state index in [1.54, 1.807) is 6.20 Å². The van der Waals surface area contributed by atoms with E-state index >= 15 is 0 Å². The highest BCUT2D eigenvalue weighted by atomic mass is 35.5. The lowest BCUT2D eigenvalue weighted by Gasteiger charge is -2.13. The van der Waals surface area contributed by atoms with Crippen molar-refractivity contribution in [3.05, 3.63) is 35.5 Å². The van der Waals surface area contributed by atoms with E-state index in [0.29, 0.717) is 5.02 Å². The van der Waals surface area contributed by atoms with Crippen LogP contribution in [0.25, 0.3) is 10.9 Å². The predicted octanol–water partition coefficient (Wildman–Crippen LogP) is 4.05. The molecule has 94 valence electrons. The van der Waals surface area contributed by atoms with Crippen LogP contribution in [0.4, 0.5) is 5.69 Å². The van der Waals surface area contributed by atoms with Gasteiger partial charge in [0.15, 0.2) is 0 Å². The number of halogens is 1. The van der Waals surface area contributed by atoms with Crippen molar-refractivity contribution in [3.63, 3.8) is 0 Å². The SMILES string of the molecule is Clc1ccc(NCC2CCSC2)c2cccnc12. The molecule has 1 aromatic carbocycles. The summed E-state index contributed by atoms with van der Waals surface area (Å²) in [6.45, 7) is 1.04. The third kappa shape index (κ3) is 2.43. The Morgan fingerprint density at radius 1 is 1.39 bits per heavy atom. The van der Waals surface area contributed by atoms with Crippen LogP contribution in [0.15, 0.2) is 30.5 Å². The Morgan fingerprint density at radius 2 is 2.33 bits per heavy atom. The van der Waals surface area contributed by atoms with E-state index in [0.717, 1.165) is 29.1 Å². The number of hydrogen-bond donors (Lipinski definition) is 1. The first-order valence-corrected chi connectivity index (χ1v) is 7.73. The summed E-state index contributed by atoms with van der Waals surface area (Å²) in [6.07, 6.45) is 3.10. The van der Waals surface area contributed by atoms with Crippen molar-refractivity contribution in [2.45, 2.75) is 6.42 Å². The summed E-state index contributed by atoms with van der Waals surface area (Å²) in [4.78, 5) is 4.35. The molecule has 1 unspecified atom stereocenters. The molecule has 1 saturated heterocycles. The summed E-state index contributed by atoms with van der Waals surface area (Å²) < 4.78 is 0. The molecule has 1 aromatic heterocycles. The average molecular weight is 279 g/mol. The third-order valence-electron chi connectivity index (χ3n) is 3.33. The van der Waals surface area contributed by atoms with Crippen LogP contribution in [-0.2, 0) is 0 Å². The van der Waals surface area contributed by atoms with Crippen LogP contribution in [0.1, 0.15) is 6.42 Å². The van der Waals surface area contributed by atoms with Crippen molar-refractivity contribution in [1.29, 1.82) is 0 Å². The Hall–Kier alpha value is -0.930. The summed E-state index contributed by atoms with van der Waals surface area (Å²) in [5.41, 5.74) is 2.02. The molecule has 1 aliphatic heterocycles. The minimum Gasteiger partial charge on any atom is -0.384 e. The maximum Gasteiger partial charge on any atom is 0.0908 e. The minimum atomic E-state index is 0.715. The van der Waals surface area contributed by atoms with Gasteiger partial charge in [-0.05, 0) is 48.1 Å². The number of anilines is 1. The molecule has 0 bridgehead atoms. The van der Waals surface area contributed by atoms with Gasteiger partial charge in [-0.1, -0.05) is 11.6 Å². The molecule has 2 aromatic rings. The standard InChI is InChI=1S/C14H15ClN2S/c15-12-3-4-13(11-2-1-6-16-14(11)12)17-8-10-5-7-18-9-10/h1-4,6,10,17H,5,7-9H2. The fraction of sp³-hybridized carbons (Fsp3) is 0.357. The lowest BCUT2D eigenvalue weighted by atomic mass is 10.1. The van der Waals surface area contributed by atoms with Gasteiger partial charge < -0.3 is 5.32 Å². The molecule has 2 heterocycles. The highest BCUT2D eigenvalue weighted by Gasteiger charge is 2.15. The number of fused-ring (bicyclic) bond motifs is 1. The average Bonchev–Trinajstić information content (AvgIpc) is 2.92. The Labute approximate surface area is 116 Å². The van der Waals surface area contributed by atoms with Gasteiger partial charge in [0, 0.05) is 23.8 Å². The summed E-state index contributed by atoms with van der Waals surface area (Å²) in [5.74, 6) is 3.36. The van der Waals surface area contributed by atoms with Gasteiger partial charge in [0.25, 0.3) is 0 Å². The van der Waals surface area contributed by atoms with E-state index in [2.05, 4.69) is 22.4 Å². The van der Waals surface area contributed by atoms with Gasteiger partial charge >= 0.3 is 0 Å². The fourth-order valence-corrected chi connectivity index (χ4v) is 3.79. The number of thioether (sulfide) groups is 1. The Balaban J connectivity index is 1.85. The van der Waals surface area contributed by atoms with Crippen LogP contribution in [0.3, 0.4) is 0 Å². The van der Waals surface area contributed by atoms with Crippen LogP contribution in [0.2, 0.25) is 5.02 Å². The van der Waals surface area contributed by atoms with E-state index < -0.39 is 0 Å². The minimum absolute atomic E-state index is 0.715. The van der Waals surface area contributed by atoms with Crippen LogP contribution in [-0.4, -0.2) is 23.0 Å². The topological polar surface area (TPSA) is 24.9 Å². The van der Waals surface area contributed by atoms with Gasteiger partial charge in [-0.25, -0.2) is 0 Å². The van der Waals surface area contributed by atoms with Crippen molar-refractivity contribution in [2.75, 3.05) is 23.4 Å². The number of benzene rings is 1.